The maximum atomic E-state index is 5.26. The number of halogens is 1. The molecule has 1 aromatic carbocycles. The minimum Gasteiger partial charge on any atom is -0.496 e. The summed E-state index contributed by atoms with van der Waals surface area (Å²) in [6, 6.07) is 8.47. The maximum Gasteiger partial charge on any atom is 0.133 e. The van der Waals surface area contributed by atoms with Crippen LogP contribution in [0.15, 0.2) is 34.9 Å². The zero-order valence-corrected chi connectivity index (χ0v) is 13.6. The van der Waals surface area contributed by atoms with E-state index in [-0.39, 0.29) is 6.04 Å². The zero-order chi connectivity index (χ0) is 14.5. The van der Waals surface area contributed by atoms with Gasteiger partial charge in [0.1, 0.15) is 5.75 Å². The van der Waals surface area contributed by atoms with Gasteiger partial charge >= 0.3 is 0 Å². The van der Waals surface area contributed by atoms with Gasteiger partial charge in [-0.25, -0.2) is 0 Å². The van der Waals surface area contributed by atoms with Crippen molar-refractivity contribution in [1.82, 2.24) is 15.1 Å². The third kappa shape index (κ3) is 3.61. The first kappa shape index (κ1) is 15.1. The van der Waals surface area contributed by atoms with E-state index < -0.39 is 0 Å². The number of likely N-dealkylation sites (N-methyl/N-ethyl adjacent to an activating group) is 1. The van der Waals surface area contributed by atoms with Crippen LogP contribution in [-0.2, 0) is 13.5 Å². The lowest BCUT2D eigenvalue weighted by Crippen LogP contribution is -2.23. The van der Waals surface area contributed by atoms with Crippen LogP contribution in [0.2, 0.25) is 0 Å². The number of nitrogens with zero attached hydrogens (tertiary/aromatic N) is 2. The van der Waals surface area contributed by atoms with Crippen molar-refractivity contribution < 1.29 is 4.74 Å². The van der Waals surface area contributed by atoms with Gasteiger partial charge < -0.3 is 10.1 Å². The van der Waals surface area contributed by atoms with Gasteiger partial charge in [-0.05, 0) is 52.7 Å². The fourth-order valence-electron chi connectivity index (χ4n) is 2.22. The molecule has 0 radical (unpaired) electrons. The summed E-state index contributed by atoms with van der Waals surface area (Å²) in [7, 11) is 3.62. The Morgan fingerprint density at radius 2 is 2.20 bits per heavy atom. The van der Waals surface area contributed by atoms with Crippen molar-refractivity contribution in [1.29, 1.82) is 0 Å². The Bertz CT molecular complexity index is 568. The Labute approximate surface area is 128 Å². The summed E-state index contributed by atoms with van der Waals surface area (Å²) in [5.41, 5.74) is 2.32. The standard InChI is InChI=1S/C15H20BrN3O/c1-4-17-14(13-7-8-19(2)18-13)10-11-5-6-15(20-3)12(16)9-11/h5-9,14,17H,4,10H2,1-3H3. The van der Waals surface area contributed by atoms with Gasteiger partial charge in [0.15, 0.2) is 0 Å². The third-order valence-electron chi connectivity index (χ3n) is 3.20. The van der Waals surface area contributed by atoms with E-state index in [4.69, 9.17) is 4.74 Å². The second-order valence-electron chi connectivity index (χ2n) is 4.70. The molecular weight excluding hydrogens is 318 g/mol. The van der Waals surface area contributed by atoms with Crippen LogP contribution in [0.5, 0.6) is 5.75 Å². The summed E-state index contributed by atoms with van der Waals surface area (Å²) in [5, 5.41) is 7.99. The van der Waals surface area contributed by atoms with Crippen molar-refractivity contribution in [2.24, 2.45) is 7.05 Å². The fraction of sp³-hybridized carbons (Fsp3) is 0.400. The SMILES string of the molecule is CCNC(Cc1ccc(OC)c(Br)c1)c1ccn(C)n1. The molecule has 0 spiro atoms. The van der Waals surface area contributed by atoms with E-state index in [1.807, 2.05) is 24.0 Å². The summed E-state index contributed by atoms with van der Waals surface area (Å²) in [5.74, 6) is 0.853. The number of ether oxygens (including phenoxy) is 1. The van der Waals surface area contributed by atoms with Crippen molar-refractivity contribution in [2.45, 2.75) is 19.4 Å². The normalized spacial score (nSPS) is 12.4. The molecule has 4 nitrogen and oxygen atoms in total. The van der Waals surface area contributed by atoms with E-state index in [2.05, 4.69) is 51.5 Å². The number of benzene rings is 1. The van der Waals surface area contributed by atoms with Crippen molar-refractivity contribution in [3.05, 3.63) is 46.2 Å². The first-order chi connectivity index (χ1) is 9.63. The minimum absolute atomic E-state index is 0.224. The van der Waals surface area contributed by atoms with E-state index in [1.165, 1.54) is 5.56 Å². The van der Waals surface area contributed by atoms with Gasteiger partial charge in [0, 0.05) is 13.2 Å². The minimum atomic E-state index is 0.224. The van der Waals surface area contributed by atoms with Gasteiger partial charge in [-0.3, -0.25) is 4.68 Å². The van der Waals surface area contributed by atoms with E-state index in [9.17, 15) is 0 Å². The molecule has 0 fully saturated rings. The molecule has 5 heteroatoms. The third-order valence-corrected chi connectivity index (χ3v) is 3.82. The quantitative estimate of drug-likeness (QED) is 0.880. The highest BCUT2D eigenvalue weighted by Gasteiger charge is 2.14. The zero-order valence-electron chi connectivity index (χ0n) is 12.1. The molecule has 0 saturated heterocycles. The molecule has 108 valence electrons. The summed E-state index contributed by atoms with van der Waals surface area (Å²) in [6.07, 6.45) is 2.87. The molecule has 1 heterocycles. The Kier molecular flexibility index (Phi) is 5.20. The molecule has 0 saturated carbocycles. The average Bonchev–Trinajstić information content (AvgIpc) is 2.85. The number of rotatable bonds is 6. The molecule has 0 aliphatic heterocycles. The van der Waals surface area contributed by atoms with Gasteiger partial charge in [-0.15, -0.1) is 0 Å². The Morgan fingerprint density at radius 3 is 2.75 bits per heavy atom. The Hall–Kier alpha value is -1.33. The lowest BCUT2D eigenvalue weighted by atomic mass is 10.0. The average molecular weight is 338 g/mol. The number of hydrogen-bond acceptors (Lipinski definition) is 3. The monoisotopic (exact) mass is 337 g/mol. The predicted octanol–water partition coefficient (Wildman–Crippen LogP) is 3.08. The van der Waals surface area contributed by atoms with Crippen LogP contribution >= 0.6 is 15.9 Å². The van der Waals surface area contributed by atoms with Crippen LogP contribution in [0.3, 0.4) is 0 Å². The number of hydrogen-bond donors (Lipinski definition) is 1. The van der Waals surface area contributed by atoms with Crippen LogP contribution in [0.4, 0.5) is 0 Å². The number of aryl methyl sites for hydroxylation is 1. The second-order valence-corrected chi connectivity index (χ2v) is 5.55. The smallest absolute Gasteiger partial charge is 0.133 e. The first-order valence-corrected chi connectivity index (χ1v) is 7.48. The van der Waals surface area contributed by atoms with E-state index in [0.29, 0.717) is 0 Å². The van der Waals surface area contributed by atoms with E-state index >= 15 is 0 Å². The molecule has 20 heavy (non-hydrogen) atoms. The lowest BCUT2D eigenvalue weighted by Gasteiger charge is -2.16. The highest BCUT2D eigenvalue weighted by molar-refractivity contribution is 9.10. The van der Waals surface area contributed by atoms with Gasteiger partial charge in [0.25, 0.3) is 0 Å². The molecule has 1 unspecified atom stereocenters. The number of aromatic nitrogens is 2. The van der Waals surface area contributed by atoms with Gasteiger partial charge in [0.2, 0.25) is 0 Å². The molecule has 0 amide bonds. The lowest BCUT2D eigenvalue weighted by molar-refractivity contribution is 0.412. The largest absolute Gasteiger partial charge is 0.496 e. The molecule has 1 atom stereocenters. The van der Waals surface area contributed by atoms with Crippen molar-refractivity contribution in [3.8, 4) is 5.75 Å². The van der Waals surface area contributed by atoms with Crippen molar-refractivity contribution in [2.75, 3.05) is 13.7 Å². The first-order valence-electron chi connectivity index (χ1n) is 6.69. The molecule has 1 aromatic heterocycles. The summed E-state index contributed by atoms with van der Waals surface area (Å²) in [6.45, 7) is 3.03. The fourth-order valence-corrected chi connectivity index (χ4v) is 2.81. The van der Waals surface area contributed by atoms with Crippen LogP contribution in [0.25, 0.3) is 0 Å². The molecule has 0 bridgehead atoms. The predicted molar refractivity (Wildman–Crippen MR) is 84.0 cm³/mol. The van der Waals surface area contributed by atoms with Gasteiger partial charge in [-0.2, -0.15) is 5.10 Å². The summed E-state index contributed by atoms with van der Waals surface area (Å²) < 4.78 is 8.08. The van der Waals surface area contributed by atoms with Gasteiger partial charge in [0.05, 0.1) is 23.3 Å². The van der Waals surface area contributed by atoms with Crippen molar-refractivity contribution in [3.63, 3.8) is 0 Å². The van der Waals surface area contributed by atoms with Crippen LogP contribution in [0.1, 0.15) is 24.2 Å². The maximum absolute atomic E-state index is 5.26. The Morgan fingerprint density at radius 1 is 1.40 bits per heavy atom. The topological polar surface area (TPSA) is 39.1 Å². The van der Waals surface area contributed by atoms with Crippen LogP contribution in [-0.4, -0.2) is 23.4 Å². The molecule has 0 aliphatic carbocycles. The Balaban J connectivity index is 2.17. The van der Waals surface area contributed by atoms with Gasteiger partial charge in [-0.1, -0.05) is 13.0 Å². The number of methoxy groups -OCH3 is 1. The van der Waals surface area contributed by atoms with Crippen LogP contribution in [0, 0.1) is 0 Å². The van der Waals surface area contributed by atoms with E-state index in [0.717, 1.165) is 28.9 Å². The molecule has 1 N–H and O–H groups in total. The highest BCUT2D eigenvalue weighted by atomic mass is 79.9. The van der Waals surface area contributed by atoms with Crippen molar-refractivity contribution >= 4 is 15.9 Å². The summed E-state index contributed by atoms with van der Waals surface area (Å²) >= 11 is 3.53. The molecule has 2 aromatic rings. The van der Waals surface area contributed by atoms with E-state index in [1.54, 1.807) is 7.11 Å². The number of nitrogens with one attached hydrogen (secondary N) is 1. The molecular formula is C15H20BrN3O. The molecule has 2 rings (SSSR count). The summed E-state index contributed by atoms with van der Waals surface area (Å²) in [4.78, 5) is 0. The molecule has 0 aliphatic rings. The highest BCUT2D eigenvalue weighted by Crippen LogP contribution is 2.27. The van der Waals surface area contributed by atoms with Crippen LogP contribution < -0.4 is 10.1 Å². The second kappa shape index (κ2) is 6.90.